The van der Waals surface area contributed by atoms with Crippen molar-refractivity contribution >= 4 is 11.5 Å². The SMILES string of the molecule is CC(C)c1ccc(C2CC(=O)c3ccc(N)cc3O2)cc1. The highest BCUT2D eigenvalue weighted by atomic mass is 16.5. The van der Waals surface area contributed by atoms with Gasteiger partial charge >= 0.3 is 0 Å². The van der Waals surface area contributed by atoms with E-state index in [1.165, 1.54) is 5.56 Å². The Bertz CT molecular complexity index is 674. The van der Waals surface area contributed by atoms with Crippen LogP contribution in [0.2, 0.25) is 0 Å². The third kappa shape index (κ3) is 2.64. The van der Waals surface area contributed by atoms with E-state index in [1.54, 1.807) is 18.2 Å². The van der Waals surface area contributed by atoms with Gasteiger partial charge in [-0.25, -0.2) is 0 Å². The number of benzene rings is 2. The van der Waals surface area contributed by atoms with Gasteiger partial charge in [0.2, 0.25) is 0 Å². The van der Waals surface area contributed by atoms with Crippen LogP contribution in [0, 0.1) is 0 Å². The molecule has 2 aromatic rings. The number of ketones is 1. The van der Waals surface area contributed by atoms with Crippen molar-refractivity contribution in [1.29, 1.82) is 0 Å². The van der Waals surface area contributed by atoms with Crippen molar-refractivity contribution < 1.29 is 9.53 Å². The molecule has 0 saturated heterocycles. The third-order valence-corrected chi connectivity index (χ3v) is 3.92. The van der Waals surface area contributed by atoms with Gasteiger partial charge < -0.3 is 10.5 Å². The van der Waals surface area contributed by atoms with E-state index in [4.69, 9.17) is 10.5 Å². The summed E-state index contributed by atoms with van der Waals surface area (Å²) in [6, 6.07) is 13.5. The van der Waals surface area contributed by atoms with Crippen LogP contribution in [-0.4, -0.2) is 5.78 Å². The quantitative estimate of drug-likeness (QED) is 0.843. The van der Waals surface area contributed by atoms with E-state index in [2.05, 4.69) is 26.0 Å². The molecule has 0 fully saturated rings. The van der Waals surface area contributed by atoms with Crippen LogP contribution in [0.3, 0.4) is 0 Å². The average molecular weight is 281 g/mol. The van der Waals surface area contributed by atoms with Crippen LogP contribution in [0.4, 0.5) is 5.69 Å². The highest BCUT2D eigenvalue weighted by molar-refractivity contribution is 6.00. The maximum absolute atomic E-state index is 12.2. The summed E-state index contributed by atoms with van der Waals surface area (Å²) in [6.07, 6.45) is 0.144. The Morgan fingerprint density at radius 1 is 1.14 bits per heavy atom. The van der Waals surface area contributed by atoms with E-state index in [0.29, 0.717) is 29.3 Å². The number of nitrogens with two attached hydrogens (primary N) is 1. The molecule has 0 aliphatic carbocycles. The molecule has 0 amide bonds. The minimum atomic E-state index is -0.229. The lowest BCUT2D eigenvalue weighted by Crippen LogP contribution is -2.20. The van der Waals surface area contributed by atoms with Crippen LogP contribution >= 0.6 is 0 Å². The number of fused-ring (bicyclic) bond motifs is 1. The molecule has 1 atom stereocenters. The monoisotopic (exact) mass is 281 g/mol. The molecule has 0 spiro atoms. The number of rotatable bonds is 2. The van der Waals surface area contributed by atoms with Crippen LogP contribution < -0.4 is 10.5 Å². The maximum Gasteiger partial charge on any atom is 0.170 e. The second-order valence-electron chi connectivity index (χ2n) is 5.81. The Balaban J connectivity index is 1.89. The van der Waals surface area contributed by atoms with E-state index in [1.807, 2.05) is 12.1 Å². The number of carbonyl (C=O) groups is 1. The molecule has 1 aliphatic heterocycles. The van der Waals surface area contributed by atoms with Crippen molar-refractivity contribution in [2.45, 2.75) is 32.3 Å². The summed E-state index contributed by atoms with van der Waals surface area (Å²) >= 11 is 0. The molecule has 0 saturated carbocycles. The lowest BCUT2D eigenvalue weighted by Gasteiger charge is -2.26. The van der Waals surface area contributed by atoms with Gasteiger partial charge in [-0.2, -0.15) is 0 Å². The first kappa shape index (κ1) is 13.7. The van der Waals surface area contributed by atoms with Crippen molar-refractivity contribution in [1.82, 2.24) is 0 Å². The van der Waals surface area contributed by atoms with Crippen molar-refractivity contribution in [3.8, 4) is 5.75 Å². The molecule has 2 N–H and O–H groups in total. The Morgan fingerprint density at radius 2 is 1.86 bits per heavy atom. The van der Waals surface area contributed by atoms with E-state index in [9.17, 15) is 4.79 Å². The highest BCUT2D eigenvalue weighted by Gasteiger charge is 2.27. The molecular formula is C18H19NO2. The van der Waals surface area contributed by atoms with Crippen LogP contribution in [0.25, 0.3) is 0 Å². The molecule has 1 heterocycles. The van der Waals surface area contributed by atoms with E-state index in [-0.39, 0.29) is 11.9 Å². The fourth-order valence-electron chi connectivity index (χ4n) is 2.62. The number of carbonyl (C=O) groups excluding carboxylic acids is 1. The van der Waals surface area contributed by atoms with Gasteiger partial charge in [-0.1, -0.05) is 38.1 Å². The van der Waals surface area contributed by atoms with Gasteiger partial charge in [0.25, 0.3) is 0 Å². The average Bonchev–Trinajstić information content (AvgIpc) is 2.46. The highest BCUT2D eigenvalue weighted by Crippen LogP contribution is 2.36. The lowest BCUT2D eigenvalue weighted by atomic mass is 9.94. The molecule has 3 nitrogen and oxygen atoms in total. The van der Waals surface area contributed by atoms with Gasteiger partial charge in [-0.15, -0.1) is 0 Å². The molecule has 0 radical (unpaired) electrons. The van der Waals surface area contributed by atoms with Crippen molar-refractivity contribution in [3.05, 3.63) is 59.2 Å². The third-order valence-electron chi connectivity index (χ3n) is 3.92. The fourth-order valence-corrected chi connectivity index (χ4v) is 2.62. The predicted molar refractivity (Wildman–Crippen MR) is 83.7 cm³/mol. The molecule has 0 bridgehead atoms. The Morgan fingerprint density at radius 3 is 2.52 bits per heavy atom. The first-order valence-corrected chi connectivity index (χ1v) is 7.24. The number of anilines is 1. The van der Waals surface area contributed by atoms with E-state index in [0.717, 1.165) is 5.56 Å². The second kappa shape index (κ2) is 5.24. The van der Waals surface area contributed by atoms with Crippen molar-refractivity contribution in [3.63, 3.8) is 0 Å². The topological polar surface area (TPSA) is 52.3 Å². The molecule has 1 aliphatic rings. The van der Waals surface area contributed by atoms with E-state index >= 15 is 0 Å². The van der Waals surface area contributed by atoms with Gasteiger partial charge in [0.1, 0.15) is 11.9 Å². The molecule has 1 unspecified atom stereocenters. The number of Topliss-reactive ketones (excluding diaryl/α,β-unsaturated/α-hetero) is 1. The molecule has 108 valence electrons. The summed E-state index contributed by atoms with van der Waals surface area (Å²) < 4.78 is 5.97. The Kier molecular flexibility index (Phi) is 3.42. The van der Waals surface area contributed by atoms with Crippen LogP contribution in [0.5, 0.6) is 5.75 Å². The zero-order chi connectivity index (χ0) is 15.0. The summed E-state index contributed by atoms with van der Waals surface area (Å²) in [7, 11) is 0. The van der Waals surface area contributed by atoms with Gasteiger partial charge in [-0.3, -0.25) is 4.79 Å². The minimum Gasteiger partial charge on any atom is -0.484 e. The molecule has 0 aromatic heterocycles. The van der Waals surface area contributed by atoms with Gasteiger partial charge in [0.05, 0.1) is 12.0 Å². The van der Waals surface area contributed by atoms with Gasteiger partial charge in [0, 0.05) is 11.8 Å². The predicted octanol–water partition coefficient (Wildman–Crippen LogP) is 4.10. The number of nitrogen functional groups attached to an aromatic ring is 1. The number of hydrogen-bond acceptors (Lipinski definition) is 3. The smallest absolute Gasteiger partial charge is 0.170 e. The van der Waals surface area contributed by atoms with Crippen LogP contribution in [0.1, 0.15) is 53.8 Å². The normalized spacial score (nSPS) is 17.5. The molecule has 3 heteroatoms. The fraction of sp³-hybridized carbons (Fsp3) is 0.278. The van der Waals surface area contributed by atoms with Gasteiger partial charge in [0.15, 0.2) is 5.78 Å². The molecule has 2 aromatic carbocycles. The molecule has 3 rings (SSSR count). The molecule has 21 heavy (non-hydrogen) atoms. The second-order valence-corrected chi connectivity index (χ2v) is 5.81. The Labute approximate surface area is 124 Å². The summed E-state index contributed by atoms with van der Waals surface area (Å²) in [6.45, 7) is 4.32. The standard InChI is InChI=1S/C18H19NO2/c1-11(2)12-3-5-13(6-4-12)17-10-16(20)15-8-7-14(19)9-18(15)21-17/h3-9,11,17H,10,19H2,1-2H3. The van der Waals surface area contributed by atoms with E-state index < -0.39 is 0 Å². The Hall–Kier alpha value is -2.29. The zero-order valence-corrected chi connectivity index (χ0v) is 12.3. The summed E-state index contributed by atoms with van der Waals surface area (Å²) in [5.74, 6) is 1.19. The zero-order valence-electron chi connectivity index (χ0n) is 12.3. The summed E-state index contributed by atoms with van der Waals surface area (Å²) in [4.78, 5) is 12.2. The largest absolute Gasteiger partial charge is 0.484 e. The number of ether oxygens (including phenoxy) is 1. The lowest BCUT2D eigenvalue weighted by molar-refractivity contribution is 0.0850. The molecular weight excluding hydrogens is 262 g/mol. The summed E-state index contributed by atoms with van der Waals surface area (Å²) in [5, 5.41) is 0. The maximum atomic E-state index is 12.2. The minimum absolute atomic E-state index is 0.106. The number of hydrogen-bond donors (Lipinski definition) is 1. The van der Waals surface area contributed by atoms with Gasteiger partial charge in [-0.05, 0) is 29.2 Å². The first-order chi connectivity index (χ1) is 10.0. The summed E-state index contributed by atoms with van der Waals surface area (Å²) in [5.41, 5.74) is 9.32. The van der Waals surface area contributed by atoms with Crippen LogP contribution in [-0.2, 0) is 0 Å². The van der Waals surface area contributed by atoms with Crippen LogP contribution in [0.15, 0.2) is 42.5 Å². The van der Waals surface area contributed by atoms with Crippen molar-refractivity contribution in [2.75, 3.05) is 5.73 Å². The van der Waals surface area contributed by atoms with Crippen molar-refractivity contribution in [2.24, 2.45) is 0 Å². The first-order valence-electron chi connectivity index (χ1n) is 7.24.